The summed E-state index contributed by atoms with van der Waals surface area (Å²) in [5.41, 5.74) is 0.837. The molecule has 1 atom stereocenters. The largest absolute Gasteiger partial charge is 0.481 e. The van der Waals surface area contributed by atoms with Crippen molar-refractivity contribution in [2.45, 2.75) is 26.9 Å². The molecular weight excluding hydrogens is 286 g/mol. The highest BCUT2D eigenvalue weighted by atomic mass is 16.5. The van der Waals surface area contributed by atoms with Gasteiger partial charge in [0.15, 0.2) is 6.10 Å². The van der Waals surface area contributed by atoms with E-state index in [2.05, 4.69) is 10.3 Å². The molecule has 0 radical (unpaired) electrons. The maximum absolute atomic E-state index is 12.0. The Balaban J connectivity index is 2.07. The molecule has 0 saturated carbocycles. The zero-order valence-corrected chi connectivity index (χ0v) is 12.5. The van der Waals surface area contributed by atoms with Crippen LogP contribution < -0.4 is 21.3 Å². The number of hydrogen-bond donors (Lipinski definition) is 3. The summed E-state index contributed by atoms with van der Waals surface area (Å²) >= 11 is 0. The first-order chi connectivity index (χ1) is 10.4. The summed E-state index contributed by atoms with van der Waals surface area (Å²) in [6, 6.07) is 5.52. The lowest BCUT2D eigenvalue weighted by Crippen LogP contribution is -2.33. The Morgan fingerprint density at radius 1 is 1.23 bits per heavy atom. The van der Waals surface area contributed by atoms with Crippen LogP contribution in [0.15, 0.2) is 34.0 Å². The molecule has 116 valence electrons. The Morgan fingerprint density at radius 2 is 1.95 bits per heavy atom. The quantitative estimate of drug-likeness (QED) is 0.786. The van der Waals surface area contributed by atoms with E-state index in [9.17, 15) is 14.4 Å². The third-order valence-corrected chi connectivity index (χ3v) is 3.24. The maximum atomic E-state index is 12.0. The fourth-order valence-electron chi connectivity index (χ4n) is 1.78. The van der Waals surface area contributed by atoms with Crippen molar-refractivity contribution >= 4 is 11.6 Å². The van der Waals surface area contributed by atoms with E-state index in [-0.39, 0.29) is 5.69 Å². The molecule has 2 aromatic rings. The van der Waals surface area contributed by atoms with Gasteiger partial charge in [-0.05, 0) is 44.0 Å². The topological polar surface area (TPSA) is 104 Å². The van der Waals surface area contributed by atoms with Crippen LogP contribution in [-0.2, 0) is 4.79 Å². The molecule has 0 aliphatic carbocycles. The molecule has 0 spiro atoms. The summed E-state index contributed by atoms with van der Waals surface area (Å²) in [5.74, 6) is 0.0805. The van der Waals surface area contributed by atoms with Gasteiger partial charge in [-0.1, -0.05) is 6.07 Å². The third-order valence-electron chi connectivity index (χ3n) is 3.24. The molecule has 7 nitrogen and oxygen atoms in total. The maximum Gasteiger partial charge on any atom is 0.325 e. The first-order valence-corrected chi connectivity index (χ1v) is 6.73. The molecule has 1 heterocycles. The number of rotatable bonds is 4. The van der Waals surface area contributed by atoms with E-state index >= 15 is 0 Å². The fraction of sp³-hybridized carbons (Fsp3) is 0.267. The smallest absolute Gasteiger partial charge is 0.325 e. The summed E-state index contributed by atoms with van der Waals surface area (Å²) < 4.78 is 5.55. The molecule has 2 rings (SSSR count). The molecule has 0 aliphatic heterocycles. The van der Waals surface area contributed by atoms with Crippen LogP contribution in [0.3, 0.4) is 0 Å². The first-order valence-electron chi connectivity index (χ1n) is 6.73. The number of benzene rings is 1. The zero-order chi connectivity index (χ0) is 16.3. The van der Waals surface area contributed by atoms with Gasteiger partial charge in [-0.3, -0.25) is 14.6 Å². The average molecular weight is 303 g/mol. The minimum absolute atomic E-state index is 0.0415. The molecule has 22 heavy (non-hydrogen) atoms. The lowest BCUT2D eigenvalue weighted by Gasteiger charge is -2.15. The minimum atomic E-state index is -0.798. The molecule has 1 amide bonds. The van der Waals surface area contributed by atoms with Crippen molar-refractivity contribution in [3.63, 3.8) is 0 Å². The Kier molecular flexibility index (Phi) is 4.45. The second kappa shape index (κ2) is 6.30. The molecule has 0 bridgehead atoms. The van der Waals surface area contributed by atoms with Gasteiger partial charge in [-0.15, -0.1) is 0 Å². The van der Waals surface area contributed by atoms with Gasteiger partial charge in [-0.25, -0.2) is 4.79 Å². The normalized spacial score (nSPS) is 11.8. The van der Waals surface area contributed by atoms with Gasteiger partial charge >= 0.3 is 5.69 Å². The Labute approximate surface area is 126 Å². The second-order valence-corrected chi connectivity index (χ2v) is 4.98. The Hall–Kier alpha value is -2.83. The Bertz CT molecular complexity index is 807. The van der Waals surface area contributed by atoms with Crippen LogP contribution in [0.2, 0.25) is 0 Å². The molecule has 7 heteroatoms. The van der Waals surface area contributed by atoms with Gasteiger partial charge in [0, 0.05) is 6.20 Å². The lowest BCUT2D eigenvalue weighted by atomic mass is 10.1. The van der Waals surface area contributed by atoms with Crippen molar-refractivity contribution in [3.05, 3.63) is 56.4 Å². The molecule has 3 N–H and O–H groups in total. The van der Waals surface area contributed by atoms with Crippen molar-refractivity contribution in [1.29, 1.82) is 0 Å². The lowest BCUT2D eigenvalue weighted by molar-refractivity contribution is -0.122. The average Bonchev–Trinajstić information content (AvgIpc) is 2.45. The van der Waals surface area contributed by atoms with Crippen LogP contribution in [-0.4, -0.2) is 22.0 Å². The highest BCUT2D eigenvalue weighted by Gasteiger charge is 2.16. The van der Waals surface area contributed by atoms with Crippen molar-refractivity contribution in [2.24, 2.45) is 0 Å². The summed E-state index contributed by atoms with van der Waals surface area (Å²) in [4.78, 5) is 38.8. The van der Waals surface area contributed by atoms with E-state index in [1.54, 1.807) is 13.0 Å². The standard InChI is InChI=1S/C15H17N3O4/c1-8-4-5-11(6-9(8)2)22-10(3)13(19)17-12-7-16-15(21)18-14(12)20/h4-7,10H,1-3H3,(H,17,19)(H2,16,18,20,21). The molecular formula is C15H17N3O4. The van der Waals surface area contributed by atoms with E-state index in [0.717, 1.165) is 17.3 Å². The SMILES string of the molecule is Cc1ccc(OC(C)C(=O)Nc2c[nH]c(=O)[nH]c2=O)cc1C. The van der Waals surface area contributed by atoms with Gasteiger partial charge in [0.1, 0.15) is 11.4 Å². The molecule has 1 unspecified atom stereocenters. The minimum Gasteiger partial charge on any atom is -0.481 e. The van der Waals surface area contributed by atoms with Crippen LogP contribution in [0.4, 0.5) is 5.69 Å². The van der Waals surface area contributed by atoms with E-state index in [1.165, 1.54) is 0 Å². The number of aromatic nitrogens is 2. The van der Waals surface area contributed by atoms with Crippen molar-refractivity contribution in [2.75, 3.05) is 5.32 Å². The third kappa shape index (κ3) is 3.63. The highest BCUT2D eigenvalue weighted by molar-refractivity contribution is 5.93. The van der Waals surface area contributed by atoms with Crippen molar-refractivity contribution in [3.8, 4) is 5.75 Å². The van der Waals surface area contributed by atoms with Gasteiger partial charge in [0.2, 0.25) is 0 Å². The molecule has 0 saturated heterocycles. The number of carbonyl (C=O) groups is 1. The predicted molar refractivity (Wildman–Crippen MR) is 82.3 cm³/mol. The van der Waals surface area contributed by atoms with E-state index in [1.807, 2.05) is 31.0 Å². The predicted octanol–water partition coefficient (Wildman–Crippen LogP) is 1.09. The fourth-order valence-corrected chi connectivity index (χ4v) is 1.78. The number of carbonyl (C=O) groups excluding carboxylic acids is 1. The van der Waals surface area contributed by atoms with Gasteiger partial charge in [0.25, 0.3) is 11.5 Å². The molecule has 1 aromatic heterocycles. The van der Waals surface area contributed by atoms with Crippen molar-refractivity contribution < 1.29 is 9.53 Å². The summed E-state index contributed by atoms with van der Waals surface area (Å²) in [6.45, 7) is 5.51. The number of ether oxygens (including phenoxy) is 1. The summed E-state index contributed by atoms with van der Waals surface area (Å²) in [5, 5.41) is 2.41. The van der Waals surface area contributed by atoms with Crippen LogP contribution in [0, 0.1) is 13.8 Å². The number of hydrogen-bond acceptors (Lipinski definition) is 4. The number of H-pyrrole nitrogens is 2. The van der Waals surface area contributed by atoms with Gasteiger partial charge in [0.05, 0.1) is 0 Å². The first kappa shape index (κ1) is 15.6. The van der Waals surface area contributed by atoms with Crippen LogP contribution in [0.25, 0.3) is 0 Å². The van der Waals surface area contributed by atoms with Crippen molar-refractivity contribution in [1.82, 2.24) is 9.97 Å². The monoisotopic (exact) mass is 303 g/mol. The highest BCUT2D eigenvalue weighted by Crippen LogP contribution is 2.17. The molecule has 1 aromatic carbocycles. The van der Waals surface area contributed by atoms with Crippen LogP contribution in [0.5, 0.6) is 5.75 Å². The second-order valence-electron chi connectivity index (χ2n) is 4.98. The zero-order valence-electron chi connectivity index (χ0n) is 12.5. The number of anilines is 1. The summed E-state index contributed by atoms with van der Waals surface area (Å²) in [6.07, 6.45) is 0.343. The Morgan fingerprint density at radius 3 is 2.59 bits per heavy atom. The molecule has 0 aliphatic rings. The van der Waals surface area contributed by atoms with Gasteiger partial charge in [-0.2, -0.15) is 0 Å². The number of amides is 1. The van der Waals surface area contributed by atoms with E-state index < -0.39 is 23.3 Å². The van der Waals surface area contributed by atoms with Crippen LogP contribution in [0.1, 0.15) is 18.1 Å². The number of aryl methyl sites for hydroxylation is 2. The van der Waals surface area contributed by atoms with E-state index in [0.29, 0.717) is 5.75 Å². The van der Waals surface area contributed by atoms with Crippen LogP contribution >= 0.6 is 0 Å². The van der Waals surface area contributed by atoms with E-state index in [4.69, 9.17) is 4.74 Å². The number of aromatic amines is 2. The molecule has 0 fully saturated rings. The van der Waals surface area contributed by atoms with Gasteiger partial charge < -0.3 is 15.0 Å². The number of nitrogens with one attached hydrogen (secondary N) is 3. The summed E-state index contributed by atoms with van der Waals surface area (Å²) in [7, 11) is 0.